The number of hydrogen-bond acceptors (Lipinski definition) is 4. The average molecular weight is 297 g/mol. The molecule has 1 heterocycles. The van der Waals surface area contributed by atoms with E-state index < -0.39 is 10.0 Å². The van der Waals surface area contributed by atoms with E-state index in [1.54, 1.807) is 19.1 Å². The number of nitrogens with one attached hydrogen (secondary N) is 1. The van der Waals surface area contributed by atoms with Crippen molar-refractivity contribution in [3.8, 4) is 0 Å². The molecule has 0 amide bonds. The van der Waals surface area contributed by atoms with Crippen molar-refractivity contribution in [3.63, 3.8) is 0 Å². The Hall–Kier alpha value is -1.11. The van der Waals surface area contributed by atoms with Crippen molar-refractivity contribution in [3.05, 3.63) is 24.3 Å². The molecule has 1 saturated heterocycles. The number of nitrogens with two attached hydrogens (primary N) is 1. The Morgan fingerprint density at radius 2 is 2.00 bits per heavy atom. The summed E-state index contributed by atoms with van der Waals surface area (Å²) in [5.74, 6) is 0.523. The Labute approximate surface area is 121 Å². The van der Waals surface area contributed by atoms with Gasteiger partial charge in [0.05, 0.1) is 4.90 Å². The fourth-order valence-electron chi connectivity index (χ4n) is 2.76. The van der Waals surface area contributed by atoms with Crippen LogP contribution in [0.5, 0.6) is 0 Å². The van der Waals surface area contributed by atoms with Gasteiger partial charge in [0.25, 0.3) is 0 Å². The van der Waals surface area contributed by atoms with Crippen LogP contribution in [0.25, 0.3) is 0 Å². The summed E-state index contributed by atoms with van der Waals surface area (Å²) in [4.78, 5) is 2.60. The van der Waals surface area contributed by atoms with Crippen LogP contribution in [0.4, 0.5) is 5.69 Å². The minimum atomic E-state index is -3.37. The molecule has 1 aliphatic heterocycles. The molecule has 2 atom stereocenters. The predicted molar refractivity (Wildman–Crippen MR) is 81.3 cm³/mol. The highest BCUT2D eigenvalue weighted by Gasteiger charge is 2.28. The molecule has 1 aromatic carbocycles. The fraction of sp³-hybridized carbons (Fsp3) is 0.571. The summed E-state index contributed by atoms with van der Waals surface area (Å²) in [5.41, 5.74) is 6.80. The third-order valence-electron chi connectivity index (χ3n) is 3.81. The van der Waals surface area contributed by atoms with Crippen molar-refractivity contribution in [2.75, 3.05) is 24.5 Å². The molecule has 1 aliphatic rings. The van der Waals surface area contributed by atoms with Gasteiger partial charge in [-0.15, -0.1) is 0 Å². The summed E-state index contributed by atoms with van der Waals surface area (Å²) in [6.45, 7) is 5.99. The summed E-state index contributed by atoms with van der Waals surface area (Å²) < 4.78 is 26.3. The molecule has 1 aromatic rings. The summed E-state index contributed by atoms with van der Waals surface area (Å²) in [7, 11) is -3.37. The second-order valence-corrected chi connectivity index (χ2v) is 7.10. The van der Waals surface area contributed by atoms with Crippen molar-refractivity contribution in [2.24, 2.45) is 11.7 Å². The van der Waals surface area contributed by atoms with E-state index in [0.717, 1.165) is 18.7 Å². The van der Waals surface area contributed by atoms with Gasteiger partial charge in [0.2, 0.25) is 10.0 Å². The third kappa shape index (κ3) is 3.13. The number of sulfonamides is 1. The van der Waals surface area contributed by atoms with Crippen LogP contribution < -0.4 is 15.4 Å². The van der Waals surface area contributed by atoms with Gasteiger partial charge in [-0.3, -0.25) is 0 Å². The normalized spacial score (nSPS) is 23.2. The van der Waals surface area contributed by atoms with Gasteiger partial charge in [0, 0.05) is 24.8 Å². The molecular weight excluding hydrogens is 274 g/mol. The van der Waals surface area contributed by atoms with Crippen LogP contribution in [0.1, 0.15) is 20.3 Å². The first-order valence-corrected chi connectivity index (χ1v) is 8.52. The van der Waals surface area contributed by atoms with Crippen LogP contribution in [0.2, 0.25) is 0 Å². The van der Waals surface area contributed by atoms with Crippen LogP contribution in [-0.2, 0) is 10.0 Å². The largest absolute Gasteiger partial charge is 0.368 e. The molecule has 3 N–H and O–H groups in total. The van der Waals surface area contributed by atoms with Crippen LogP contribution in [-0.4, -0.2) is 34.1 Å². The zero-order chi connectivity index (χ0) is 14.8. The number of anilines is 1. The van der Waals surface area contributed by atoms with Gasteiger partial charge in [-0.2, -0.15) is 0 Å². The maximum atomic E-state index is 11.9. The molecule has 0 aromatic heterocycles. The third-order valence-corrected chi connectivity index (χ3v) is 5.37. The SMILES string of the molecule is CCNS(=O)(=O)c1ccc(N2CC(CN)CC2C)cc1. The monoisotopic (exact) mass is 297 g/mol. The fourth-order valence-corrected chi connectivity index (χ4v) is 3.80. The van der Waals surface area contributed by atoms with E-state index in [-0.39, 0.29) is 0 Å². The van der Waals surface area contributed by atoms with E-state index in [1.165, 1.54) is 0 Å². The zero-order valence-corrected chi connectivity index (χ0v) is 12.9. The van der Waals surface area contributed by atoms with Crippen LogP contribution in [0, 0.1) is 5.92 Å². The Morgan fingerprint density at radius 1 is 1.35 bits per heavy atom. The van der Waals surface area contributed by atoms with Crippen LogP contribution >= 0.6 is 0 Å². The lowest BCUT2D eigenvalue weighted by molar-refractivity contribution is 0.579. The zero-order valence-electron chi connectivity index (χ0n) is 12.0. The molecule has 0 radical (unpaired) electrons. The number of rotatable bonds is 5. The van der Waals surface area contributed by atoms with E-state index >= 15 is 0 Å². The maximum absolute atomic E-state index is 11.9. The highest BCUT2D eigenvalue weighted by molar-refractivity contribution is 7.89. The second-order valence-electron chi connectivity index (χ2n) is 5.33. The first kappa shape index (κ1) is 15.3. The molecule has 0 aliphatic carbocycles. The van der Waals surface area contributed by atoms with E-state index in [4.69, 9.17) is 5.73 Å². The van der Waals surface area contributed by atoms with Gasteiger partial charge in [-0.1, -0.05) is 6.92 Å². The molecular formula is C14H23N3O2S. The van der Waals surface area contributed by atoms with E-state index in [0.29, 0.717) is 29.9 Å². The minimum Gasteiger partial charge on any atom is -0.368 e. The van der Waals surface area contributed by atoms with Gasteiger partial charge in [-0.25, -0.2) is 13.1 Å². The van der Waals surface area contributed by atoms with Crippen molar-refractivity contribution in [1.29, 1.82) is 0 Å². The quantitative estimate of drug-likeness (QED) is 0.855. The van der Waals surface area contributed by atoms with E-state index in [2.05, 4.69) is 16.5 Å². The lowest BCUT2D eigenvalue weighted by Gasteiger charge is -2.24. The number of nitrogens with zero attached hydrogens (tertiary/aromatic N) is 1. The Morgan fingerprint density at radius 3 is 2.50 bits per heavy atom. The lowest BCUT2D eigenvalue weighted by atomic mass is 10.1. The number of hydrogen-bond donors (Lipinski definition) is 2. The second kappa shape index (κ2) is 6.11. The van der Waals surface area contributed by atoms with E-state index in [1.807, 2.05) is 12.1 Å². The highest BCUT2D eigenvalue weighted by Crippen LogP contribution is 2.29. The Kier molecular flexibility index (Phi) is 4.67. The van der Waals surface area contributed by atoms with Gasteiger partial charge >= 0.3 is 0 Å². The summed E-state index contributed by atoms with van der Waals surface area (Å²) >= 11 is 0. The van der Waals surface area contributed by atoms with Gasteiger partial charge in [-0.05, 0) is 50.1 Å². The molecule has 112 valence electrons. The molecule has 1 fully saturated rings. The number of benzene rings is 1. The molecule has 0 spiro atoms. The molecule has 20 heavy (non-hydrogen) atoms. The van der Waals surface area contributed by atoms with Gasteiger partial charge in [0.1, 0.15) is 0 Å². The standard InChI is InChI=1S/C14H23N3O2S/c1-3-16-20(18,19)14-6-4-13(5-7-14)17-10-12(9-15)8-11(17)2/h4-7,11-12,16H,3,8-10,15H2,1-2H3. The molecule has 5 nitrogen and oxygen atoms in total. The molecule has 2 unspecified atom stereocenters. The van der Waals surface area contributed by atoms with Crippen molar-refractivity contribution < 1.29 is 8.42 Å². The van der Waals surface area contributed by atoms with Crippen LogP contribution in [0.15, 0.2) is 29.2 Å². The minimum absolute atomic E-state index is 0.310. The summed E-state index contributed by atoms with van der Waals surface area (Å²) in [6.07, 6.45) is 1.09. The molecule has 0 saturated carbocycles. The summed E-state index contributed by atoms with van der Waals surface area (Å²) in [5, 5.41) is 0. The van der Waals surface area contributed by atoms with E-state index in [9.17, 15) is 8.42 Å². The molecule has 2 rings (SSSR count). The van der Waals surface area contributed by atoms with Crippen molar-refractivity contribution in [2.45, 2.75) is 31.2 Å². The first-order chi connectivity index (χ1) is 9.47. The maximum Gasteiger partial charge on any atom is 0.240 e. The smallest absolute Gasteiger partial charge is 0.240 e. The van der Waals surface area contributed by atoms with Crippen LogP contribution in [0.3, 0.4) is 0 Å². The Balaban J connectivity index is 2.17. The van der Waals surface area contributed by atoms with Gasteiger partial charge in [0.15, 0.2) is 0 Å². The average Bonchev–Trinajstić information content (AvgIpc) is 2.80. The van der Waals surface area contributed by atoms with Crippen molar-refractivity contribution >= 4 is 15.7 Å². The molecule has 0 bridgehead atoms. The highest BCUT2D eigenvalue weighted by atomic mass is 32.2. The topological polar surface area (TPSA) is 75.4 Å². The molecule has 6 heteroatoms. The first-order valence-electron chi connectivity index (χ1n) is 7.04. The predicted octanol–water partition coefficient (Wildman–Crippen LogP) is 1.16. The summed E-state index contributed by atoms with van der Waals surface area (Å²) in [6, 6.07) is 7.52. The Bertz CT molecular complexity index is 542. The van der Waals surface area contributed by atoms with Gasteiger partial charge < -0.3 is 10.6 Å². The van der Waals surface area contributed by atoms with Crippen molar-refractivity contribution in [1.82, 2.24) is 4.72 Å². The lowest BCUT2D eigenvalue weighted by Crippen LogP contribution is -2.27.